The van der Waals surface area contributed by atoms with E-state index < -0.39 is 0 Å². The molecule has 0 amide bonds. The maximum absolute atomic E-state index is 9.50. The average molecular weight is 271 g/mol. The Kier molecular flexibility index (Phi) is 3.27. The molecule has 3 aromatic rings. The van der Waals surface area contributed by atoms with Crippen molar-refractivity contribution in [3.05, 3.63) is 54.0 Å². The average Bonchev–Trinajstić information content (AvgIpc) is 2.83. The van der Waals surface area contributed by atoms with E-state index in [1.165, 1.54) is 11.8 Å². The summed E-state index contributed by atoms with van der Waals surface area (Å²) in [5.74, 6) is 0.865. The molecule has 0 radical (unpaired) electrons. The lowest BCUT2D eigenvalue weighted by atomic mass is 10.2. The van der Waals surface area contributed by atoms with Crippen LogP contribution in [0.25, 0.3) is 10.9 Å². The minimum absolute atomic E-state index is 0.0168. The zero-order valence-electron chi connectivity index (χ0n) is 10.5. The van der Waals surface area contributed by atoms with Crippen LogP contribution in [0.4, 0.5) is 0 Å². The third-order valence-corrected chi connectivity index (χ3v) is 4.14. The van der Waals surface area contributed by atoms with E-state index in [2.05, 4.69) is 4.98 Å². The molecule has 1 N–H and O–H groups in total. The van der Waals surface area contributed by atoms with E-state index in [-0.39, 0.29) is 6.61 Å². The molecule has 1 aromatic carbocycles. The Hall–Kier alpha value is -1.78. The Bertz CT molecular complexity index is 721. The number of hydrogen-bond donors (Lipinski definition) is 1. The summed E-state index contributed by atoms with van der Waals surface area (Å²) >= 11 is 1.52. The molecule has 0 saturated heterocycles. The Morgan fingerprint density at radius 1 is 1.26 bits per heavy atom. The number of aromatic nitrogens is 1. The predicted molar refractivity (Wildman–Crippen MR) is 75.2 cm³/mol. The molecular weight excluding hydrogens is 258 g/mol. The Morgan fingerprint density at radius 2 is 2.11 bits per heavy atom. The van der Waals surface area contributed by atoms with Crippen LogP contribution in [0.3, 0.4) is 0 Å². The molecule has 3 rings (SSSR count). The van der Waals surface area contributed by atoms with Gasteiger partial charge in [0, 0.05) is 10.9 Å². The largest absolute Gasteiger partial charge is 0.468 e. The molecule has 0 aliphatic heterocycles. The van der Waals surface area contributed by atoms with Crippen LogP contribution in [0.15, 0.2) is 57.0 Å². The van der Waals surface area contributed by atoms with Gasteiger partial charge in [-0.15, -0.1) is 0 Å². The van der Waals surface area contributed by atoms with Crippen molar-refractivity contribution in [2.24, 2.45) is 0 Å². The molecule has 0 unspecified atom stereocenters. The molecule has 2 aromatic heterocycles. The van der Waals surface area contributed by atoms with Crippen molar-refractivity contribution in [3.63, 3.8) is 0 Å². The van der Waals surface area contributed by atoms with Gasteiger partial charge in [0.15, 0.2) is 0 Å². The minimum Gasteiger partial charge on any atom is -0.468 e. The van der Waals surface area contributed by atoms with Gasteiger partial charge in [0.05, 0.1) is 23.3 Å². The molecule has 0 aliphatic carbocycles. The second kappa shape index (κ2) is 5.07. The Morgan fingerprint density at radius 3 is 2.84 bits per heavy atom. The lowest BCUT2D eigenvalue weighted by molar-refractivity contribution is 0.278. The van der Waals surface area contributed by atoms with E-state index in [1.807, 2.05) is 43.3 Å². The fraction of sp³-hybridized carbons (Fsp3) is 0.133. The number of fused-ring (bicyclic) bond motifs is 1. The van der Waals surface area contributed by atoms with Crippen LogP contribution in [0.5, 0.6) is 0 Å². The summed E-state index contributed by atoms with van der Waals surface area (Å²) in [6, 6.07) is 11.8. The summed E-state index contributed by atoms with van der Waals surface area (Å²) in [5.41, 5.74) is 1.77. The van der Waals surface area contributed by atoms with Crippen molar-refractivity contribution in [3.8, 4) is 0 Å². The van der Waals surface area contributed by atoms with Crippen LogP contribution in [0.1, 0.15) is 11.3 Å². The van der Waals surface area contributed by atoms with E-state index in [4.69, 9.17) is 4.42 Å². The number of rotatable bonds is 3. The summed E-state index contributed by atoms with van der Waals surface area (Å²) in [6.45, 7) is 1.90. The molecule has 96 valence electrons. The van der Waals surface area contributed by atoms with Gasteiger partial charge < -0.3 is 9.52 Å². The molecule has 0 saturated carbocycles. The van der Waals surface area contributed by atoms with Crippen molar-refractivity contribution < 1.29 is 9.52 Å². The van der Waals surface area contributed by atoms with Crippen molar-refractivity contribution in [2.45, 2.75) is 23.5 Å². The lowest BCUT2D eigenvalue weighted by Crippen LogP contribution is -1.92. The highest BCUT2D eigenvalue weighted by atomic mass is 32.2. The number of para-hydroxylation sites is 1. The number of hydrogen-bond acceptors (Lipinski definition) is 4. The van der Waals surface area contributed by atoms with E-state index in [0.717, 1.165) is 32.1 Å². The maximum atomic E-state index is 9.50. The second-order valence-corrected chi connectivity index (χ2v) is 5.28. The molecule has 2 heterocycles. The van der Waals surface area contributed by atoms with Gasteiger partial charge in [-0.3, -0.25) is 0 Å². The number of pyridine rings is 1. The van der Waals surface area contributed by atoms with Crippen molar-refractivity contribution in [2.75, 3.05) is 0 Å². The normalized spacial score (nSPS) is 11.1. The van der Waals surface area contributed by atoms with Gasteiger partial charge >= 0.3 is 0 Å². The van der Waals surface area contributed by atoms with Crippen LogP contribution >= 0.6 is 11.8 Å². The zero-order valence-corrected chi connectivity index (χ0v) is 11.3. The zero-order chi connectivity index (χ0) is 13.2. The van der Waals surface area contributed by atoms with Crippen LogP contribution in [0, 0.1) is 6.92 Å². The van der Waals surface area contributed by atoms with Crippen molar-refractivity contribution in [1.82, 2.24) is 4.98 Å². The highest BCUT2D eigenvalue weighted by Crippen LogP contribution is 2.33. The van der Waals surface area contributed by atoms with Crippen molar-refractivity contribution in [1.29, 1.82) is 0 Å². The summed E-state index contributed by atoms with van der Waals surface area (Å²) in [7, 11) is 0. The maximum Gasteiger partial charge on any atom is 0.114 e. The number of benzene rings is 1. The number of furan rings is 1. The number of aliphatic hydroxyl groups is 1. The number of nitrogens with zero attached hydrogens (tertiary/aromatic N) is 1. The van der Waals surface area contributed by atoms with E-state index >= 15 is 0 Å². The molecule has 0 spiro atoms. The van der Waals surface area contributed by atoms with Gasteiger partial charge in [-0.25, -0.2) is 4.98 Å². The summed E-state index contributed by atoms with van der Waals surface area (Å²) in [6.07, 6.45) is 1.66. The first kappa shape index (κ1) is 12.3. The smallest absolute Gasteiger partial charge is 0.114 e. The number of aryl methyl sites for hydroxylation is 1. The summed E-state index contributed by atoms with van der Waals surface area (Å²) in [4.78, 5) is 5.65. The standard InChI is InChI=1S/C15H13NO2S/c1-10-14(6-7-18-10)19-15-12(9-17)8-11-4-2-3-5-13(11)16-15/h2-8,17H,9H2,1H3. The summed E-state index contributed by atoms with van der Waals surface area (Å²) < 4.78 is 5.29. The topological polar surface area (TPSA) is 46.3 Å². The molecule has 3 nitrogen and oxygen atoms in total. The predicted octanol–water partition coefficient (Wildman–Crippen LogP) is 3.78. The monoisotopic (exact) mass is 271 g/mol. The Balaban J connectivity index is 2.09. The third-order valence-electron chi connectivity index (χ3n) is 2.95. The molecular formula is C15H13NO2S. The fourth-order valence-electron chi connectivity index (χ4n) is 1.93. The highest BCUT2D eigenvalue weighted by Gasteiger charge is 2.10. The highest BCUT2D eigenvalue weighted by molar-refractivity contribution is 7.99. The van der Waals surface area contributed by atoms with Crippen molar-refractivity contribution >= 4 is 22.7 Å². The quantitative estimate of drug-likeness (QED) is 0.787. The second-order valence-electron chi connectivity index (χ2n) is 4.25. The van der Waals surface area contributed by atoms with Gasteiger partial charge in [0.25, 0.3) is 0 Å². The molecule has 19 heavy (non-hydrogen) atoms. The van der Waals surface area contributed by atoms with Crippen LogP contribution in [-0.4, -0.2) is 10.1 Å². The molecule has 0 fully saturated rings. The van der Waals surface area contributed by atoms with E-state index in [1.54, 1.807) is 6.26 Å². The first-order valence-corrected chi connectivity index (χ1v) is 6.81. The van der Waals surface area contributed by atoms with Gasteiger partial charge in [-0.2, -0.15) is 0 Å². The SMILES string of the molecule is Cc1occc1Sc1nc2ccccc2cc1CO. The number of aliphatic hydroxyl groups excluding tert-OH is 1. The summed E-state index contributed by atoms with van der Waals surface area (Å²) in [5, 5.41) is 11.4. The van der Waals surface area contributed by atoms with Crippen LogP contribution < -0.4 is 0 Å². The first-order chi connectivity index (χ1) is 9.28. The lowest BCUT2D eigenvalue weighted by Gasteiger charge is -2.07. The van der Waals surface area contributed by atoms with Crippen LogP contribution in [-0.2, 0) is 6.61 Å². The third kappa shape index (κ3) is 2.37. The van der Waals surface area contributed by atoms with E-state index in [9.17, 15) is 5.11 Å². The molecule has 4 heteroatoms. The van der Waals surface area contributed by atoms with Gasteiger partial charge in [0.2, 0.25) is 0 Å². The molecule has 0 atom stereocenters. The first-order valence-electron chi connectivity index (χ1n) is 5.99. The fourth-order valence-corrected chi connectivity index (χ4v) is 2.85. The Labute approximate surface area is 115 Å². The van der Waals surface area contributed by atoms with E-state index in [0.29, 0.717) is 0 Å². The molecule has 0 bridgehead atoms. The molecule has 0 aliphatic rings. The van der Waals surface area contributed by atoms with Gasteiger partial charge in [-0.1, -0.05) is 30.0 Å². The minimum atomic E-state index is -0.0168. The van der Waals surface area contributed by atoms with Gasteiger partial charge in [-0.05, 0) is 25.1 Å². The van der Waals surface area contributed by atoms with Crippen LogP contribution in [0.2, 0.25) is 0 Å². The van der Waals surface area contributed by atoms with Gasteiger partial charge in [0.1, 0.15) is 10.8 Å².